The van der Waals surface area contributed by atoms with Crippen molar-refractivity contribution in [1.29, 1.82) is 0 Å². The summed E-state index contributed by atoms with van der Waals surface area (Å²) in [5, 5.41) is 3.52. The fourth-order valence-electron chi connectivity index (χ4n) is 10.2. The Kier molecular flexibility index (Phi) is 9.43. The molecular weight excluding hydrogens is 827 g/mol. The molecule has 0 aliphatic carbocycles. The predicted molar refractivity (Wildman–Crippen MR) is 283 cm³/mol. The van der Waals surface area contributed by atoms with Gasteiger partial charge < -0.3 is 9.47 Å². The molecule has 0 amide bonds. The third-order valence-electron chi connectivity index (χ3n) is 13.3. The Morgan fingerprint density at radius 1 is 0.279 bits per heavy atom. The topological polar surface area (TPSA) is 30.9 Å². The molecule has 0 saturated heterocycles. The van der Waals surface area contributed by atoms with Crippen LogP contribution in [-0.2, 0) is 0 Å². The van der Waals surface area contributed by atoms with E-state index in [4.69, 9.17) is 4.98 Å². The maximum atomic E-state index is 5.58. The molecule has 5 heteroatoms. The fraction of sp³-hybridized carbons (Fsp3) is 0. The quantitative estimate of drug-likeness (QED) is 0.145. The van der Waals surface area contributed by atoms with Crippen LogP contribution in [0.2, 0.25) is 0 Å². The lowest BCUT2D eigenvalue weighted by molar-refractivity contribution is 1.10. The molecule has 3 heterocycles. The Morgan fingerprint density at radius 3 is 1.25 bits per heavy atom. The molecule has 0 fully saturated rings. The standard InChI is InChI=1S/C63H43N5/c1-6-18-44(19-7-1)46-30-34-51(35-31-46)65(52-36-32-47(33-37-52)45-20-8-2-9-21-45)53-38-40-54(41-39-53)66-57-29-17-16-28-55(57)56-42-43-58-59(60(56)66)61-63(67(58)49-24-12-4-13-25-49)64-62(48-22-10-3-11-23-48)68(61)50-26-14-5-15-27-50/h1-43H. The number of imidazole rings is 1. The van der Waals surface area contributed by atoms with Crippen LogP contribution in [0.1, 0.15) is 0 Å². The lowest BCUT2D eigenvalue weighted by Crippen LogP contribution is -2.10. The van der Waals surface area contributed by atoms with E-state index in [2.05, 4.69) is 279 Å². The molecule has 13 aromatic rings. The van der Waals surface area contributed by atoms with Gasteiger partial charge in [0.05, 0.1) is 21.9 Å². The first-order chi connectivity index (χ1) is 33.8. The van der Waals surface area contributed by atoms with Gasteiger partial charge in [-0.15, -0.1) is 0 Å². The van der Waals surface area contributed by atoms with Gasteiger partial charge in [0.25, 0.3) is 0 Å². The highest BCUT2D eigenvalue weighted by Gasteiger charge is 2.27. The highest BCUT2D eigenvalue weighted by molar-refractivity contribution is 6.25. The number of para-hydroxylation sites is 3. The number of anilines is 3. The van der Waals surface area contributed by atoms with Gasteiger partial charge >= 0.3 is 0 Å². The molecule has 0 unspecified atom stereocenters. The molecule has 0 spiro atoms. The van der Waals surface area contributed by atoms with Gasteiger partial charge in [-0.1, -0.05) is 176 Å². The van der Waals surface area contributed by atoms with Crippen LogP contribution in [0.25, 0.3) is 94.6 Å². The van der Waals surface area contributed by atoms with Crippen LogP contribution in [0.3, 0.4) is 0 Å². The van der Waals surface area contributed by atoms with Gasteiger partial charge in [-0.25, -0.2) is 4.98 Å². The first-order valence-corrected chi connectivity index (χ1v) is 23.1. The van der Waals surface area contributed by atoms with Crippen molar-refractivity contribution < 1.29 is 0 Å². The van der Waals surface area contributed by atoms with Crippen LogP contribution >= 0.6 is 0 Å². The lowest BCUT2D eigenvalue weighted by atomic mass is 10.0. The molecule has 0 saturated carbocycles. The van der Waals surface area contributed by atoms with Crippen molar-refractivity contribution >= 4 is 60.9 Å². The largest absolute Gasteiger partial charge is 0.311 e. The van der Waals surface area contributed by atoms with E-state index < -0.39 is 0 Å². The van der Waals surface area contributed by atoms with E-state index in [1.54, 1.807) is 0 Å². The van der Waals surface area contributed by atoms with Crippen molar-refractivity contribution in [1.82, 2.24) is 18.7 Å². The molecule has 10 aromatic carbocycles. The van der Waals surface area contributed by atoms with Crippen LogP contribution in [0.15, 0.2) is 261 Å². The maximum absolute atomic E-state index is 5.58. The predicted octanol–water partition coefficient (Wildman–Crippen LogP) is 16.5. The highest BCUT2D eigenvalue weighted by Crippen LogP contribution is 2.45. The van der Waals surface area contributed by atoms with Crippen LogP contribution < -0.4 is 4.90 Å². The molecule has 0 bridgehead atoms. The van der Waals surface area contributed by atoms with Crippen molar-refractivity contribution in [3.05, 3.63) is 261 Å². The minimum absolute atomic E-state index is 0.895. The molecule has 0 aliphatic rings. The Morgan fingerprint density at radius 2 is 0.706 bits per heavy atom. The third kappa shape index (κ3) is 6.51. The minimum Gasteiger partial charge on any atom is -0.311 e. The summed E-state index contributed by atoms with van der Waals surface area (Å²) >= 11 is 0. The van der Waals surface area contributed by atoms with Crippen molar-refractivity contribution in [3.8, 4) is 50.7 Å². The van der Waals surface area contributed by atoms with Gasteiger partial charge in [-0.2, -0.15) is 0 Å². The van der Waals surface area contributed by atoms with Gasteiger partial charge in [0.1, 0.15) is 11.3 Å². The Balaban J connectivity index is 1.04. The van der Waals surface area contributed by atoms with Crippen molar-refractivity contribution in [2.45, 2.75) is 0 Å². The summed E-state index contributed by atoms with van der Waals surface area (Å²) in [5.74, 6) is 0.895. The zero-order valence-corrected chi connectivity index (χ0v) is 37.1. The first kappa shape index (κ1) is 39.2. The van der Waals surface area contributed by atoms with Crippen molar-refractivity contribution in [2.75, 3.05) is 4.90 Å². The minimum atomic E-state index is 0.895. The van der Waals surface area contributed by atoms with Crippen LogP contribution in [-0.4, -0.2) is 18.7 Å². The second-order valence-corrected chi connectivity index (χ2v) is 17.2. The van der Waals surface area contributed by atoms with Crippen LogP contribution in [0.4, 0.5) is 17.1 Å². The molecule has 3 aromatic heterocycles. The highest BCUT2D eigenvalue weighted by atomic mass is 15.2. The number of benzene rings is 10. The van der Waals surface area contributed by atoms with E-state index in [1.165, 1.54) is 33.0 Å². The number of rotatable bonds is 9. The third-order valence-corrected chi connectivity index (χ3v) is 13.3. The molecule has 0 aliphatic heterocycles. The SMILES string of the molecule is c1ccc(-c2ccc(N(c3ccc(-c4ccccc4)cc3)c3ccc(-n4c5ccccc5c5ccc6c(c7c(nc(-c8ccccc8)n7-c7ccccc7)n6-c6ccccc6)c54)cc3)cc2)cc1. The van der Waals surface area contributed by atoms with E-state index in [1.807, 2.05) is 0 Å². The van der Waals surface area contributed by atoms with Crippen LogP contribution in [0.5, 0.6) is 0 Å². The monoisotopic (exact) mass is 869 g/mol. The Hall–Kier alpha value is -9.19. The first-order valence-electron chi connectivity index (χ1n) is 23.1. The van der Waals surface area contributed by atoms with E-state index in [-0.39, 0.29) is 0 Å². The average Bonchev–Trinajstić information content (AvgIpc) is 4.08. The summed E-state index contributed by atoms with van der Waals surface area (Å²) in [4.78, 5) is 7.93. The summed E-state index contributed by atoms with van der Waals surface area (Å²) in [7, 11) is 0. The number of aromatic nitrogens is 4. The summed E-state index contributed by atoms with van der Waals surface area (Å²) in [5.41, 5.74) is 17.5. The summed E-state index contributed by atoms with van der Waals surface area (Å²) in [6, 6.07) is 93.3. The molecule has 320 valence electrons. The van der Waals surface area contributed by atoms with Crippen LogP contribution in [0, 0.1) is 0 Å². The summed E-state index contributed by atoms with van der Waals surface area (Å²) < 4.78 is 7.16. The normalized spacial score (nSPS) is 11.5. The summed E-state index contributed by atoms with van der Waals surface area (Å²) in [6.07, 6.45) is 0. The van der Waals surface area contributed by atoms with Crippen molar-refractivity contribution in [3.63, 3.8) is 0 Å². The molecule has 0 atom stereocenters. The molecule has 5 nitrogen and oxygen atoms in total. The zero-order chi connectivity index (χ0) is 45.0. The molecule has 13 rings (SSSR count). The summed E-state index contributed by atoms with van der Waals surface area (Å²) in [6.45, 7) is 0. The Labute approximate surface area is 394 Å². The van der Waals surface area contributed by atoms with E-state index >= 15 is 0 Å². The number of nitrogens with zero attached hydrogens (tertiary/aromatic N) is 5. The molecule has 68 heavy (non-hydrogen) atoms. The van der Waals surface area contributed by atoms with E-state index in [9.17, 15) is 0 Å². The molecule has 0 N–H and O–H groups in total. The smallest absolute Gasteiger partial charge is 0.165 e. The van der Waals surface area contributed by atoms with E-state index in [0.717, 1.165) is 78.6 Å². The van der Waals surface area contributed by atoms with Gasteiger partial charge in [0, 0.05) is 50.5 Å². The Bertz CT molecular complexity index is 3810. The number of hydrogen-bond donors (Lipinski definition) is 0. The van der Waals surface area contributed by atoms with Gasteiger partial charge in [0.15, 0.2) is 5.65 Å². The van der Waals surface area contributed by atoms with Crippen molar-refractivity contribution in [2.24, 2.45) is 0 Å². The fourth-order valence-corrected chi connectivity index (χ4v) is 10.2. The van der Waals surface area contributed by atoms with Gasteiger partial charge in [-0.05, 0) is 107 Å². The molecular formula is C63H43N5. The number of hydrogen-bond acceptors (Lipinski definition) is 2. The second kappa shape index (κ2) is 16.4. The maximum Gasteiger partial charge on any atom is 0.165 e. The number of fused-ring (bicyclic) bond motifs is 7. The van der Waals surface area contributed by atoms with Gasteiger partial charge in [-0.3, -0.25) is 9.13 Å². The average molecular weight is 870 g/mol. The second-order valence-electron chi connectivity index (χ2n) is 17.2. The zero-order valence-electron chi connectivity index (χ0n) is 37.1. The lowest BCUT2D eigenvalue weighted by Gasteiger charge is -2.26. The van der Waals surface area contributed by atoms with E-state index in [0.29, 0.717) is 0 Å². The molecule has 0 radical (unpaired) electrons. The van der Waals surface area contributed by atoms with Gasteiger partial charge in [0.2, 0.25) is 0 Å².